The maximum atomic E-state index is 12.1. The van der Waals surface area contributed by atoms with E-state index in [1.807, 2.05) is 6.92 Å². The third-order valence-corrected chi connectivity index (χ3v) is 5.32. The van der Waals surface area contributed by atoms with E-state index in [9.17, 15) is 9.00 Å². The first-order valence-electron chi connectivity index (χ1n) is 6.26. The van der Waals surface area contributed by atoms with E-state index in [4.69, 9.17) is 5.73 Å². The van der Waals surface area contributed by atoms with E-state index in [2.05, 4.69) is 15.6 Å². The molecule has 19 heavy (non-hydrogen) atoms. The van der Waals surface area contributed by atoms with Crippen LogP contribution in [0.5, 0.6) is 0 Å². The van der Waals surface area contributed by atoms with Gasteiger partial charge in [-0.1, -0.05) is 11.3 Å². The molecule has 0 bridgehead atoms. The molecule has 106 valence electrons. The van der Waals surface area contributed by atoms with E-state index in [1.54, 1.807) is 0 Å². The third kappa shape index (κ3) is 3.66. The number of aromatic nitrogens is 1. The quantitative estimate of drug-likeness (QED) is 0.764. The molecule has 0 aromatic carbocycles. The van der Waals surface area contributed by atoms with Gasteiger partial charge in [-0.25, -0.2) is 4.98 Å². The van der Waals surface area contributed by atoms with Crippen LogP contribution in [0.3, 0.4) is 0 Å². The smallest absolute Gasteiger partial charge is 0.265 e. The first-order valence-corrected chi connectivity index (χ1v) is 8.56. The van der Waals surface area contributed by atoms with Crippen molar-refractivity contribution in [3.63, 3.8) is 0 Å². The third-order valence-electron chi connectivity index (χ3n) is 2.91. The molecule has 8 heteroatoms. The molecule has 1 aliphatic heterocycles. The first kappa shape index (κ1) is 14.3. The second-order valence-corrected chi connectivity index (χ2v) is 7.05. The van der Waals surface area contributed by atoms with Crippen LogP contribution < -0.4 is 16.4 Å². The Kier molecular flexibility index (Phi) is 4.76. The highest BCUT2D eigenvalue weighted by molar-refractivity contribution is 7.85. The van der Waals surface area contributed by atoms with Crippen molar-refractivity contribution in [1.29, 1.82) is 0 Å². The Bertz CT molecular complexity index is 479. The Balaban J connectivity index is 1.97. The highest BCUT2D eigenvalue weighted by Gasteiger charge is 2.22. The molecule has 0 aliphatic carbocycles. The molecule has 0 radical (unpaired) electrons. The van der Waals surface area contributed by atoms with Crippen LogP contribution >= 0.6 is 11.3 Å². The summed E-state index contributed by atoms with van der Waals surface area (Å²) in [6.45, 7) is 2.70. The molecule has 1 aliphatic rings. The van der Waals surface area contributed by atoms with Crippen LogP contribution in [0.2, 0.25) is 0 Å². The minimum Gasteiger partial charge on any atom is -0.382 e. The number of rotatable bonds is 4. The van der Waals surface area contributed by atoms with Crippen molar-refractivity contribution in [1.82, 2.24) is 10.3 Å². The fraction of sp³-hybridized carbons (Fsp3) is 0.636. The van der Waals surface area contributed by atoms with Crippen molar-refractivity contribution in [3.8, 4) is 0 Å². The molecule has 0 atom stereocenters. The number of carbonyl (C=O) groups excluding carboxylic acids is 1. The lowest BCUT2D eigenvalue weighted by Crippen LogP contribution is -2.39. The van der Waals surface area contributed by atoms with Gasteiger partial charge in [-0.2, -0.15) is 0 Å². The number of nitrogen functional groups attached to an aromatic ring is 1. The molecule has 1 fully saturated rings. The van der Waals surface area contributed by atoms with Crippen molar-refractivity contribution in [2.24, 2.45) is 0 Å². The number of hydrogen-bond donors (Lipinski definition) is 3. The van der Waals surface area contributed by atoms with Crippen LogP contribution in [0, 0.1) is 0 Å². The second kappa shape index (κ2) is 6.33. The lowest BCUT2D eigenvalue weighted by atomic mass is 10.1. The summed E-state index contributed by atoms with van der Waals surface area (Å²) in [5.41, 5.74) is 5.75. The first-order chi connectivity index (χ1) is 9.10. The maximum Gasteiger partial charge on any atom is 0.265 e. The Morgan fingerprint density at radius 3 is 2.84 bits per heavy atom. The molecular weight excluding hydrogens is 284 g/mol. The number of amides is 1. The molecule has 0 unspecified atom stereocenters. The van der Waals surface area contributed by atoms with Crippen molar-refractivity contribution >= 4 is 39.0 Å². The van der Waals surface area contributed by atoms with Gasteiger partial charge in [0.2, 0.25) is 0 Å². The summed E-state index contributed by atoms with van der Waals surface area (Å²) >= 11 is 1.26. The van der Waals surface area contributed by atoms with E-state index in [-0.39, 0.29) is 17.8 Å². The van der Waals surface area contributed by atoms with E-state index < -0.39 is 10.8 Å². The largest absolute Gasteiger partial charge is 0.382 e. The van der Waals surface area contributed by atoms with E-state index in [0.29, 0.717) is 21.5 Å². The zero-order chi connectivity index (χ0) is 13.8. The normalized spacial score (nSPS) is 23.0. The van der Waals surface area contributed by atoms with Crippen LogP contribution in [0.25, 0.3) is 0 Å². The Morgan fingerprint density at radius 1 is 1.53 bits per heavy atom. The van der Waals surface area contributed by atoms with Gasteiger partial charge in [0, 0.05) is 34.9 Å². The number of carbonyl (C=O) groups is 1. The molecule has 1 aromatic rings. The van der Waals surface area contributed by atoms with Crippen LogP contribution in [0.4, 0.5) is 10.9 Å². The van der Waals surface area contributed by atoms with Crippen LogP contribution in [-0.2, 0) is 10.8 Å². The molecule has 6 nitrogen and oxygen atoms in total. The van der Waals surface area contributed by atoms with Crippen molar-refractivity contribution in [3.05, 3.63) is 4.88 Å². The van der Waals surface area contributed by atoms with Crippen molar-refractivity contribution in [2.45, 2.75) is 25.8 Å². The lowest BCUT2D eigenvalue weighted by molar-refractivity contribution is 0.0939. The molecule has 4 N–H and O–H groups in total. The zero-order valence-corrected chi connectivity index (χ0v) is 12.4. The summed E-state index contributed by atoms with van der Waals surface area (Å²) in [5.74, 6) is 1.40. The maximum absolute atomic E-state index is 12.1. The predicted octanol–water partition coefficient (Wildman–Crippen LogP) is 0.798. The van der Waals surface area contributed by atoms with Crippen molar-refractivity contribution < 1.29 is 9.00 Å². The highest BCUT2D eigenvalue weighted by atomic mass is 32.2. The van der Waals surface area contributed by atoms with Gasteiger partial charge in [0.1, 0.15) is 10.7 Å². The number of nitrogens with zero attached hydrogens (tertiary/aromatic N) is 1. The number of thiazole rings is 1. The summed E-state index contributed by atoms with van der Waals surface area (Å²) in [6, 6.07) is 0.0919. The fourth-order valence-corrected chi connectivity index (χ4v) is 4.07. The Morgan fingerprint density at radius 2 is 2.21 bits per heavy atom. The van der Waals surface area contributed by atoms with E-state index in [1.165, 1.54) is 11.3 Å². The predicted molar refractivity (Wildman–Crippen MR) is 79.1 cm³/mol. The molecule has 0 saturated carbocycles. The van der Waals surface area contributed by atoms with E-state index >= 15 is 0 Å². The average molecular weight is 302 g/mol. The Hall–Kier alpha value is -1.15. The summed E-state index contributed by atoms with van der Waals surface area (Å²) in [6.07, 6.45) is 1.52. The number of anilines is 2. The van der Waals surface area contributed by atoms with Gasteiger partial charge in [0.15, 0.2) is 5.13 Å². The molecular formula is C11H18N4O2S2. The monoisotopic (exact) mass is 302 g/mol. The topological polar surface area (TPSA) is 97.1 Å². The molecule has 1 saturated heterocycles. The van der Waals surface area contributed by atoms with Gasteiger partial charge in [-0.05, 0) is 19.8 Å². The fourth-order valence-electron chi connectivity index (χ4n) is 1.91. The Labute approximate surface area is 118 Å². The van der Waals surface area contributed by atoms with Gasteiger partial charge in [-0.15, -0.1) is 0 Å². The zero-order valence-electron chi connectivity index (χ0n) is 10.8. The number of hydrogen-bond acceptors (Lipinski definition) is 6. The number of nitrogens with two attached hydrogens (primary N) is 1. The minimum atomic E-state index is -0.719. The minimum absolute atomic E-state index is 0.0919. The van der Waals surface area contributed by atoms with Crippen molar-refractivity contribution in [2.75, 3.05) is 29.1 Å². The summed E-state index contributed by atoms with van der Waals surface area (Å²) in [7, 11) is -0.719. The van der Waals surface area contributed by atoms with Crippen LogP contribution in [0.1, 0.15) is 29.4 Å². The van der Waals surface area contributed by atoms with Gasteiger partial charge < -0.3 is 16.4 Å². The summed E-state index contributed by atoms with van der Waals surface area (Å²) in [4.78, 5) is 16.7. The SMILES string of the molecule is CCNc1nc(N)c(C(=O)NC2CCS(=O)CC2)s1. The van der Waals surface area contributed by atoms with Gasteiger partial charge in [0.05, 0.1) is 0 Å². The molecule has 1 amide bonds. The average Bonchev–Trinajstić information content (AvgIpc) is 2.74. The highest BCUT2D eigenvalue weighted by Crippen LogP contribution is 2.25. The number of nitrogens with one attached hydrogen (secondary N) is 2. The lowest BCUT2D eigenvalue weighted by Gasteiger charge is -2.22. The molecule has 0 spiro atoms. The van der Waals surface area contributed by atoms with E-state index in [0.717, 1.165) is 19.4 Å². The van der Waals surface area contributed by atoms with Gasteiger partial charge in [0.25, 0.3) is 5.91 Å². The molecule has 2 rings (SSSR count). The van der Waals surface area contributed by atoms with Gasteiger partial charge >= 0.3 is 0 Å². The van der Waals surface area contributed by atoms with Gasteiger partial charge in [-0.3, -0.25) is 9.00 Å². The summed E-state index contributed by atoms with van der Waals surface area (Å²) in [5, 5.41) is 6.64. The standard InChI is InChI=1S/C11H18N4O2S2/c1-2-13-11-15-9(12)8(18-11)10(16)14-7-3-5-19(17)6-4-7/h7H,2-6,12H2,1H3,(H,13,15)(H,14,16). The summed E-state index contributed by atoms with van der Waals surface area (Å²) < 4.78 is 11.3. The second-order valence-electron chi connectivity index (χ2n) is 4.36. The van der Waals surface area contributed by atoms with Crippen LogP contribution in [0.15, 0.2) is 0 Å². The van der Waals surface area contributed by atoms with Crippen LogP contribution in [-0.4, -0.2) is 39.2 Å². The molecule has 2 heterocycles. The molecule has 1 aromatic heterocycles.